The van der Waals surface area contributed by atoms with Crippen molar-refractivity contribution in [1.82, 2.24) is 25.2 Å². The summed E-state index contributed by atoms with van der Waals surface area (Å²) in [6, 6.07) is 8.55. The molecule has 4 heterocycles. The molecular weight excluding hydrogens is 447 g/mol. The van der Waals surface area contributed by atoms with Crippen LogP contribution in [0.3, 0.4) is 0 Å². The third kappa shape index (κ3) is 3.76. The van der Waals surface area contributed by atoms with E-state index in [1.807, 2.05) is 6.07 Å². The summed E-state index contributed by atoms with van der Waals surface area (Å²) in [6.45, 7) is 4.59. The Balaban J connectivity index is 0.00000128. The van der Waals surface area contributed by atoms with E-state index in [0.717, 1.165) is 43.9 Å². The molecule has 2 aromatic heterocycles. The average Bonchev–Trinajstić information content (AvgIpc) is 3.16. The second kappa shape index (κ2) is 9.07. The van der Waals surface area contributed by atoms with Crippen LogP contribution in [-0.4, -0.2) is 55.7 Å². The molecule has 30 heavy (non-hydrogen) atoms. The minimum Gasteiger partial charge on any atom is -0.351 e. The summed E-state index contributed by atoms with van der Waals surface area (Å²) in [5, 5.41) is 11.4. The lowest BCUT2D eigenvalue weighted by Gasteiger charge is -2.28. The van der Waals surface area contributed by atoms with Gasteiger partial charge < -0.3 is 15.5 Å². The average molecular weight is 471 g/mol. The maximum absolute atomic E-state index is 13.6. The van der Waals surface area contributed by atoms with E-state index in [2.05, 4.69) is 20.5 Å². The lowest BCUT2D eigenvalue weighted by Crippen LogP contribution is -2.44. The molecular formula is C19H24Cl2N6O2S. The Morgan fingerprint density at radius 2 is 1.70 bits per heavy atom. The van der Waals surface area contributed by atoms with Crippen LogP contribution in [0, 0.1) is 0 Å². The summed E-state index contributed by atoms with van der Waals surface area (Å²) < 4.78 is 28.9. The molecule has 0 amide bonds. The highest BCUT2D eigenvalue weighted by Crippen LogP contribution is 2.34. The van der Waals surface area contributed by atoms with Crippen molar-refractivity contribution >= 4 is 46.1 Å². The van der Waals surface area contributed by atoms with Gasteiger partial charge in [-0.1, -0.05) is 18.2 Å². The number of fused-ring (bicyclic) bond motifs is 3. The highest BCUT2D eigenvalue weighted by molar-refractivity contribution is 7.91. The van der Waals surface area contributed by atoms with Crippen molar-refractivity contribution in [2.24, 2.45) is 0 Å². The molecule has 0 bridgehead atoms. The molecule has 2 aliphatic heterocycles. The number of nitrogens with zero attached hydrogens (tertiary/aromatic N) is 4. The molecule has 2 N–H and O–H groups in total. The summed E-state index contributed by atoms with van der Waals surface area (Å²) >= 11 is 0. The van der Waals surface area contributed by atoms with E-state index in [9.17, 15) is 8.42 Å². The zero-order chi connectivity index (χ0) is 19.1. The van der Waals surface area contributed by atoms with Crippen LogP contribution >= 0.6 is 24.8 Å². The number of hydrogen-bond donors (Lipinski definition) is 2. The minimum atomic E-state index is -3.75. The van der Waals surface area contributed by atoms with Crippen molar-refractivity contribution in [2.45, 2.75) is 22.8 Å². The number of benzene rings is 1. The molecule has 8 nitrogen and oxygen atoms in total. The van der Waals surface area contributed by atoms with Crippen LogP contribution in [-0.2, 0) is 22.8 Å². The van der Waals surface area contributed by atoms with Crippen molar-refractivity contribution < 1.29 is 8.42 Å². The molecule has 162 valence electrons. The molecule has 3 aromatic rings. The molecule has 1 saturated heterocycles. The first-order valence-corrected chi connectivity index (χ1v) is 11.0. The van der Waals surface area contributed by atoms with Gasteiger partial charge in [0.25, 0.3) is 0 Å². The molecule has 0 spiro atoms. The van der Waals surface area contributed by atoms with Crippen molar-refractivity contribution in [3.63, 3.8) is 0 Å². The van der Waals surface area contributed by atoms with Crippen LogP contribution in [0.5, 0.6) is 0 Å². The standard InChI is InChI=1S/C19H22N6O2S.2ClH/c26-28(27,15-4-2-1-3-5-15)17-18-22-13-14-12-21-7-6-16(14)25(18)23-19(17)24-10-8-20-9-11-24;;/h1-5,13,20-21H,6-12H2;2*1H. The van der Waals surface area contributed by atoms with Gasteiger partial charge in [-0.25, -0.2) is 17.9 Å². The Labute approximate surface area is 187 Å². The third-order valence-corrected chi connectivity index (χ3v) is 7.16. The Hall–Kier alpha value is -1.91. The zero-order valence-electron chi connectivity index (χ0n) is 16.2. The van der Waals surface area contributed by atoms with E-state index >= 15 is 0 Å². The Kier molecular flexibility index (Phi) is 6.88. The quantitative estimate of drug-likeness (QED) is 0.598. The zero-order valence-corrected chi connectivity index (χ0v) is 18.7. The summed E-state index contributed by atoms with van der Waals surface area (Å²) in [6.07, 6.45) is 2.58. The van der Waals surface area contributed by atoms with Crippen molar-refractivity contribution in [2.75, 3.05) is 37.6 Å². The molecule has 2 aliphatic rings. The van der Waals surface area contributed by atoms with E-state index in [1.165, 1.54) is 0 Å². The van der Waals surface area contributed by atoms with E-state index < -0.39 is 9.84 Å². The Bertz CT molecular complexity index is 1130. The Morgan fingerprint density at radius 1 is 0.967 bits per heavy atom. The second-order valence-corrected chi connectivity index (χ2v) is 8.99. The minimum absolute atomic E-state index is 0. The molecule has 11 heteroatoms. The molecule has 0 radical (unpaired) electrons. The monoisotopic (exact) mass is 470 g/mol. The topological polar surface area (TPSA) is 91.6 Å². The maximum Gasteiger partial charge on any atom is 0.214 e. The number of nitrogens with one attached hydrogen (secondary N) is 2. The van der Waals surface area contributed by atoms with Gasteiger partial charge in [0, 0.05) is 57.4 Å². The van der Waals surface area contributed by atoms with Crippen LogP contribution < -0.4 is 15.5 Å². The third-order valence-electron chi connectivity index (χ3n) is 5.36. The van der Waals surface area contributed by atoms with Gasteiger partial charge in [-0.2, -0.15) is 0 Å². The number of rotatable bonds is 3. The van der Waals surface area contributed by atoms with Crippen LogP contribution in [0.2, 0.25) is 0 Å². The van der Waals surface area contributed by atoms with E-state index in [4.69, 9.17) is 5.10 Å². The summed E-state index contributed by atoms with van der Waals surface area (Å²) in [5.41, 5.74) is 2.52. The van der Waals surface area contributed by atoms with Crippen LogP contribution in [0.1, 0.15) is 11.3 Å². The van der Waals surface area contributed by atoms with Crippen LogP contribution in [0.25, 0.3) is 5.65 Å². The van der Waals surface area contributed by atoms with Crippen molar-refractivity contribution in [3.05, 3.63) is 47.8 Å². The first kappa shape index (κ1) is 22.8. The van der Waals surface area contributed by atoms with Gasteiger partial charge in [-0.15, -0.1) is 29.9 Å². The van der Waals surface area contributed by atoms with Gasteiger partial charge in [-0.05, 0) is 12.1 Å². The summed E-state index contributed by atoms with van der Waals surface area (Å²) in [5.74, 6) is 0.504. The fourth-order valence-corrected chi connectivity index (χ4v) is 5.46. The predicted molar refractivity (Wildman–Crippen MR) is 120 cm³/mol. The van der Waals surface area contributed by atoms with Gasteiger partial charge in [-0.3, -0.25) is 0 Å². The van der Waals surface area contributed by atoms with E-state index in [1.54, 1.807) is 35.0 Å². The fraction of sp³-hybridized carbons (Fsp3) is 0.368. The second-order valence-electron chi connectivity index (χ2n) is 7.10. The lowest BCUT2D eigenvalue weighted by molar-refractivity contribution is 0.575. The van der Waals surface area contributed by atoms with Gasteiger partial charge >= 0.3 is 0 Å². The van der Waals surface area contributed by atoms with Gasteiger partial charge in [0.2, 0.25) is 9.84 Å². The molecule has 0 saturated carbocycles. The molecule has 0 atom stereocenters. The van der Waals surface area contributed by atoms with E-state index in [0.29, 0.717) is 24.6 Å². The molecule has 1 fully saturated rings. The summed E-state index contributed by atoms with van der Waals surface area (Å²) in [7, 11) is -3.75. The molecule has 0 aliphatic carbocycles. The smallest absolute Gasteiger partial charge is 0.214 e. The van der Waals surface area contributed by atoms with Crippen LogP contribution in [0.4, 0.5) is 5.82 Å². The number of hydrogen-bond acceptors (Lipinski definition) is 7. The highest BCUT2D eigenvalue weighted by atomic mass is 35.5. The number of aromatic nitrogens is 3. The van der Waals surface area contributed by atoms with Crippen LogP contribution in [0.15, 0.2) is 46.3 Å². The molecule has 0 unspecified atom stereocenters. The number of sulfone groups is 1. The largest absolute Gasteiger partial charge is 0.351 e. The van der Waals surface area contributed by atoms with Crippen molar-refractivity contribution in [3.8, 4) is 0 Å². The SMILES string of the molecule is Cl.Cl.O=S(=O)(c1ccccc1)c1c(N2CCNCC2)nn2c3c(cnc12)CNCC3. The number of piperazine rings is 1. The van der Waals surface area contributed by atoms with Gasteiger partial charge in [0.15, 0.2) is 16.4 Å². The Morgan fingerprint density at radius 3 is 2.43 bits per heavy atom. The van der Waals surface area contributed by atoms with E-state index in [-0.39, 0.29) is 34.6 Å². The van der Waals surface area contributed by atoms with Gasteiger partial charge in [0.05, 0.1) is 10.6 Å². The fourth-order valence-electron chi connectivity index (χ4n) is 3.92. The maximum atomic E-state index is 13.6. The highest BCUT2D eigenvalue weighted by Gasteiger charge is 2.33. The van der Waals surface area contributed by atoms with Gasteiger partial charge in [0.1, 0.15) is 0 Å². The normalized spacial score (nSPS) is 16.5. The first-order valence-electron chi connectivity index (χ1n) is 9.52. The van der Waals surface area contributed by atoms with Crippen molar-refractivity contribution in [1.29, 1.82) is 0 Å². The molecule has 1 aromatic carbocycles. The first-order chi connectivity index (χ1) is 13.7. The lowest BCUT2D eigenvalue weighted by atomic mass is 10.1. The predicted octanol–water partition coefficient (Wildman–Crippen LogP) is 1.46. The molecule has 5 rings (SSSR count). The summed E-state index contributed by atoms with van der Waals surface area (Å²) in [4.78, 5) is 7.07. The number of anilines is 1. The number of halogens is 2.